The molecule has 0 saturated carbocycles. The molecule has 2 aromatic carbocycles. The van der Waals surface area contributed by atoms with E-state index in [1.54, 1.807) is 5.56 Å². The molecule has 0 fully saturated rings. The molecule has 1 aliphatic carbocycles. The topological polar surface area (TPSA) is 0 Å². The maximum atomic E-state index is 3.84. The number of unbranched alkanes of at least 4 members (excludes halogenated alkanes) is 10. The lowest BCUT2D eigenvalue weighted by Gasteiger charge is -2.53. The maximum Gasteiger partial charge on any atom is 0.0178 e. The van der Waals surface area contributed by atoms with Crippen molar-refractivity contribution >= 4 is 31.9 Å². The molecule has 0 saturated heterocycles. The van der Waals surface area contributed by atoms with E-state index in [0.29, 0.717) is 0 Å². The molecule has 0 atom stereocenters. The SMILES string of the molecule is CCCCCCCCC1(CCCCCCCC)c2cc(Br)ccc2-c2ccc(Br)cc2C1(C)C. The van der Waals surface area contributed by atoms with E-state index >= 15 is 0 Å². The third kappa shape index (κ3) is 6.20. The molecule has 0 spiro atoms. The van der Waals surface area contributed by atoms with E-state index in [9.17, 15) is 0 Å². The number of rotatable bonds is 14. The molecule has 0 aromatic heterocycles. The van der Waals surface area contributed by atoms with Gasteiger partial charge in [-0.15, -0.1) is 0 Å². The van der Waals surface area contributed by atoms with Crippen LogP contribution in [0, 0.1) is 0 Å². The Hall–Kier alpha value is -0.600. The van der Waals surface area contributed by atoms with Crippen molar-refractivity contribution in [3.05, 3.63) is 56.5 Å². The van der Waals surface area contributed by atoms with E-state index in [1.807, 2.05) is 0 Å². The second-order valence-corrected chi connectivity index (χ2v) is 13.0. The average Bonchev–Trinajstić information content (AvgIpc) is 2.81. The summed E-state index contributed by atoms with van der Waals surface area (Å²) >= 11 is 7.64. The summed E-state index contributed by atoms with van der Waals surface area (Å²) in [7, 11) is 0. The summed E-state index contributed by atoms with van der Waals surface area (Å²) in [5.74, 6) is 0. The van der Waals surface area contributed by atoms with Gasteiger partial charge in [-0.3, -0.25) is 0 Å². The van der Waals surface area contributed by atoms with Crippen LogP contribution in [0.4, 0.5) is 0 Å². The lowest BCUT2D eigenvalue weighted by Crippen LogP contribution is -2.48. The summed E-state index contributed by atoms with van der Waals surface area (Å²) in [6.07, 6.45) is 18.9. The first-order valence-electron chi connectivity index (χ1n) is 14.0. The molecule has 2 heteroatoms. The predicted octanol–water partition coefficient (Wildman–Crippen LogP) is 11.9. The number of hydrogen-bond acceptors (Lipinski definition) is 0. The zero-order valence-electron chi connectivity index (χ0n) is 22.1. The minimum Gasteiger partial charge on any atom is -0.0654 e. The molecule has 0 amide bonds. The van der Waals surface area contributed by atoms with Crippen molar-refractivity contribution in [2.24, 2.45) is 0 Å². The van der Waals surface area contributed by atoms with Crippen LogP contribution in [0.25, 0.3) is 11.1 Å². The standard InChI is InChI=1S/C32H46Br2/c1-5-7-9-11-13-15-21-32(22-16-14-12-10-8-6-2)30-24-26(34)18-20-28(30)27-19-17-25(33)23-29(27)31(32,3)4/h17-20,23-24H,5-16,21-22H2,1-4H3. The van der Waals surface area contributed by atoms with Crippen LogP contribution in [0.3, 0.4) is 0 Å². The number of fused-ring (bicyclic) bond motifs is 3. The highest BCUT2D eigenvalue weighted by Gasteiger charge is 2.51. The Bertz CT molecular complexity index is 895. The summed E-state index contributed by atoms with van der Waals surface area (Å²) in [6.45, 7) is 9.70. The molecule has 0 bridgehead atoms. The zero-order valence-corrected chi connectivity index (χ0v) is 25.3. The maximum absolute atomic E-state index is 3.84. The second-order valence-electron chi connectivity index (χ2n) is 11.1. The molecule has 0 heterocycles. The fourth-order valence-corrected chi connectivity index (χ4v) is 7.17. The Morgan fingerprint density at radius 3 is 1.47 bits per heavy atom. The van der Waals surface area contributed by atoms with Gasteiger partial charge in [0.05, 0.1) is 0 Å². The van der Waals surface area contributed by atoms with E-state index in [0.717, 1.165) is 0 Å². The van der Waals surface area contributed by atoms with Crippen molar-refractivity contribution in [1.82, 2.24) is 0 Å². The Morgan fingerprint density at radius 1 is 0.559 bits per heavy atom. The first-order valence-corrected chi connectivity index (χ1v) is 15.6. The van der Waals surface area contributed by atoms with Crippen molar-refractivity contribution in [1.29, 1.82) is 0 Å². The van der Waals surface area contributed by atoms with Crippen molar-refractivity contribution < 1.29 is 0 Å². The average molecular weight is 591 g/mol. The minimum absolute atomic E-state index is 0.0900. The largest absolute Gasteiger partial charge is 0.0654 e. The van der Waals surface area contributed by atoms with E-state index in [1.165, 1.54) is 116 Å². The van der Waals surface area contributed by atoms with Crippen LogP contribution in [0.15, 0.2) is 45.3 Å². The molecule has 3 rings (SSSR count). The smallest absolute Gasteiger partial charge is 0.0178 e. The Kier molecular flexibility index (Phi) is 10.8. The normalized spacial score (nSPS) is 15.7. The number of halogens is 2. The Labute approximate surface area is 227 Å². The van der Waals surface area contributed by atoms with Crippen LogP contribution in [0.5, 0.6) is 0 Å². The van der Waals surface area contributed by atoms with Crippen LogP contribution >= 0.6 is 31.9 Å². The van der Waals surface area contributed by atoms with Crippen LogP contribution in [0.2, 0.25) is 0 Å². The van der Waals surface area contributed by atoms with Gasteiger partial charge in [0.15, 0.2) is 0 Å². The summed E-state index contributed by atoms with van der Waals surface area (Å²) in [5, 5.41) is 0. The Morgan fingerprint density at radius 2 is 0.971 bits per heavy atom. The minimum atomic E-state index is 0.0900. The lowest BCUT2D eigenvalue weighted by atomic mass is 9.50. The molecule has 1 aliphatic rings. The summed E-state index contributed by atoms with van der Waals surface area (Å²) in [6, 6.07) is 14.1. The predicted molar refractivity (Wildman–Crippen MR) is 158 cm³/mol. The molecule has 188 valence electrons. The fourth-order valence-electron chi connectivity index (χ4n) is 6.44. The van der Waals surface area contributed by atoms with Gasteiger partial charge < -0.3 is 0 Å². The zero-order chi connectivity index (χ0) is 24.6. The fraction of sp³-hybridized carbons (Fsp3) is 0.625. The summed E-state index contributed by atoms with van der Waals surface area (Å²) in [4.78, 5) is 0. The highest BCUT2D eigenvalue weighted by molar-refractivity contribution is 9.10. The van der Waals surface area contributed by atoms with Gasteiger partial charge in [0.25, 0.3) is 0 Å². The molecule has 2 aromatic rings. The first-order chi connectivity index (χ1) is 16.4. The molecule has 0 aliphatic heterocycles. The van der Waals surface area contributed by atoms with E-state index in [4.69, 9.17) is 0 Å². The van der Waals surface area contributed by atoms with E-state index < -0.39 is 0 Å². The lowest BCUT2D eigenvalue weighted by molar-refractivity contribution is 0.198. The molecule has 0 nitrogen and oxygen atoms in total. The van der Waals surface area contributed by atoms with Crippen molar-refractivity contribution in [2.45, 2.75) is 128 Å². The van der Waals surface area contributed by atoms with Gasteiger partial charge in [-0.2, -0.15) is 0 Å². The van der Waals surface area contributed by atoms with Gasteiger partial charge in [0.2, 0.25) is 0 Å². The van der Waals surface area contributed by atoms with Crippen molar-refractivity contribution in [3.8, 4) is 11.1 Å². The number of benzene rings is 2. The van der Waals surface area contributed by atoms with Crippen LogP contribution in [-0.2, 0) is 10.8 Å². The van der Waals surface area contributed by atoms with Crippen LogP contribution < -0.4 is 0 Å². The highest BCUT2D eigenvalue weighted by atomic mass is 79.9. The van der Waals surface area contributed by atoms with E-state index in [-0.39, 0.29) is 10.8 Å². The molecular weight excluding hydrogens is 544 g/mol. The van der Waals surface area contributed by atoms with Crippen molar-refractivity contribution in [3.63, 3.8) is 0 Å². The second kappa shape index (κ2) is 13.1. The van der Waals surface area contributed by atoms with E-state index in [2.05, 4.69) is 96.0 Å². The van der Waals surface area contributed by atoms with Gasteiger partial charge in [-0.25, -0.2) is 0 Å². The quantitative estimate of drug-likeness (QED) is 0.192. The van der Waals surface area contributed by atoms with Gasteiger partial charge in [0.1, 0.15) is 0 Å². The van der Waals surface area contributed by atoms with Gasteiger partial charge in [0, 0.05) is 19.8 Å². The first kappa shape index (κ1) is 28.0. The van der Waals surface area contributed by atoms with Crippen LogP contribution in [-0.4, -0.2) is 0 Å². The molecule has 0 unspecified atom stereocenters. The van der Waals surface area contributed by atoms with Gasteiger partial charge in [-0.1, -0.05) is 149 Å². The summed E-state index contributed by atoms with van der Waals surface area (Å²) in [5.41, 5.74) is 6.26. The molecule has 0 N–H and O–H groups in total. The molecule has 0 radical (unpaired) electrons. The Balaban J connectivity index is 1.97. The van der Waals surface area contributed by atoms with Crippen LogP contribution in [0.1, 0.15) is 129 Å². The monoisotopic (exact) mass is 588 g/mol. The van der Waals surface area contributed by atoms with Crippen molar-refractivity contribution in [2.75, 3.05) is 0 Å². The molecule has 34 heavy (non-hydrogen) atoms. The third-order valence-corrected chi connectivity index (χ3v) is 9.54. The molecular formula is C32H46Br2. The third-order valence-electron chi connectivity index (χ3n) is 8.55. The summed E-state index contributed by atoms with van der Waals surface area (Å²) < 4.78 is 2.42. The number of hydrogen-bond donors (Lipinski definition) is 0. The van der Waals surface area contributed by atoms with Gasteiger partial charge in [-0.05, 0) is 59.4 Å². The van der Waals surface area contributed by atoms with Gasteiger partial charge >= 0.3 is 0 Å². The highest BCUT2D eigenvalue weighted by Crippen LogP contribution is 2.59.